The second-order valence-electron chi connectivity index (χ2n) is 10.3. The van der Waals surface area contributed by atoms with Crippen molar-refractivity contribution in [2.24, 2.45) is 11.8 Å². The van der Waals surface area contributed by atoms with Gasteiger partial charge in [0.05, 0.1) is 24.7 Å². The number of carbonyl (C=O) groups is 4. The van der Waals surface area contributed by atoms with Gasteiger partial charge in [0.25, 0.3) is 0 Å². The molecular formula is C22H38N2O6. The Morgan fingerprint density at radius 1 is 0.767 bits per heavy atom. The highest BCUT2D eigenvalue weighted by atomic mass is 16.6. The van der Waals surface area contributed by atoms with Gasteiger partial charge >= 0.3 is 11.9 Å². The summed E-state index contributed by atoms with van der Waals surface area (Å²) in [5.41, 5.74) is -0.949. The highest BCUT2D eigenvalue weighted by molar-refractivity contribution is 5.86. The third kappa shape index (κ3) is 10.1. The normalized spacial score (nSPS) is 26.3. The van der Waals surface area contributed by atoms with Crippen LogP contribution in [0.25, 0.3) is 0 Å². The lowest BCUT2D eigenvalue weighted by atomic mass is 10.0. The smallest absolute Gasteiger partial charge is 0.307 e. The summed E-state index contributed by atoms with van der Waals surface area (Å²) in [5, 5.41) is 5.58. The van der Waals surface area contributed by atoms with Crippen molar-refractivity contribution in [1.82, 2.24) is 10.6 Å². The molecule has 2 N–H and O–H groups in total. The number of carbonyl (C=O) groups excluding carboxylic acids is 4. The maximum absolute atomic E-state index is 11.5. The molecule has 2 heterocycles. The van der Waals surface area contributed by atoms with Gasteiger partial charge in [-0.1, -0.05) is 0 Å². The third-order valence-corrected chi connectivity index (χ3v) is 4.46. The van der Waals surface area contributed by atoms with Crippen LogP contribution in [-0.2, 0) is 28.7 Å². The fourth-order valence-electron chi connectivity index (χ4n) is 3.43. The molecule has 2 amide bonds. The zero-order valence-corrected chi connectivity index (χ0v) is 19.6. The largest absolute Gasteiger partial charge is 0.460 e. The van der Waals surface area contributed by atoms with Crippen LogP contribution < -0.4 is 10.6 Å². The summed E-state index contributed by atoms with van der Waals surface area (Å²) in [5.74, 6) is -1.08. The van der Waals surface area contributed by atoms with Crippen LogP contribution in [0.4, 0.5) is 0 Å². The highest BCUT2D eigenvalue weighted by Gasteiger charge is 2.33. The Bertz CT molecular complexity index is 591. The average Bonchev–Trinajstić information content (AvgIpc) is 2.96. The Morgan fingerprint density at radius 2 is 1.07 bits per heavy atom. The predicted octanol–water partition coefficient (Wildman–Crippen LogP) is 2.49. The zero-order chi connectivity index (χ0) is 23.3. The standard InChI is InChI=1S/2C11H19NO3/c2*1-7-5-8(10(14)12-7)6-9(13)15-11(2,3)4/h2*7-8H,5-6H2,1-4H3,(H,12,14)/t2*7-,8+/m10/s1. The van der Waals surface area contributed by atoms with E-state index in [1.54, 1.807) is 0 Å². The van der Waals surface area contributed by atoms with E-state index in [1.165, 1.54) is 0 Å². The van der Waals surface area contributed by atoms with Crippen LogP contribution in [0.15, 0.2) is 0 Å². The molecule has 30 heavy (non-hydrogen) atoms. The van der Waals surface area contributed by atoms with Crippen LogP contribution in [0.3, 0.4) is 0 Å². The molecule has 0 aliphatic carbocycles. The molecule has 0 bridgehead atoms. The summed E-state index contributed by atoms with van der Waals surface area (Å²) >= 11 is 0. The van der Waals surface area contributed by atoms with Gasteiger partial charge in [-0.15, -0.1) is 0 Å². The molecule has 0 unspecified atom stereocenters. The van der Waals surface area contributed by atoms with Gasteiger partial charge in [-0.25, -0.2) is 0 Å². The Hall–Kier alpha value is -2.12. The number of rotatable bonds is 4. The second-order valence-corrected chi connectivity index (χ2v) is 10.3. The summed E-state index contributed by atoms with van der Waals surface area (Å²) in [7, 11) is 0. The molecule has 8 nitrogen and oxygen atoms in total. The minimum absolute atomic E-state index is 0.0339. The predicted molar refractivity (Wildman–Crippen MR) is 112 cm³/mol. The van der Waals surface area contributed by atoms with Crippen LogP contribution in [-0.4, -0.2) is 47.0 Å². The quantitative estimate of drug-likeness (QED) is 0.668. The molecule has 4 atom stereocenters. The van der Waals surface area contributed by atoms with Gasteiger partial charge in [0.2, 0.25) is 11.8 Å². The fourth-order valence-corrected chi connectivity index (χ4v) is 3.43. The average molecular weight is 427 g/mol. The van der Waals surface area contributed by atoms with Crippen LogP contribution >= 0.6 is 0 Å². The van der Waals surface area contributed by atoms with E-state index in [9.17, 15) is 19.2 Å². The summed E-state index contributed by atoms with van der Waals surface area (Å²) in [6, 6.07) is 0.342. The van der Waals surface area contributed by atoms with Gasteiger partial charge in [-0.2, -0.15) is 0 Å². The molecule has 0 aromatic heterocycles. The van der Waals surface area contributed by atoms with Crippen molar-refractivity contribution in [3.63, 3.8) is 0 Å². The Labute approximate surface area is 179 Å². The number of hydrogen-bond acceptors (Lipinski definition) is 6. The summed E-state index contributed by atoms with van der Waals surface area (Å²) in [6.45, 7) is 14.8. The van der Waals surface area contributed by atoms with Gasteiger partial charge in [0.15, 0.2) is 0 Å². The van der Waals surface area contributed by atoms with Crippen molar-refractivity contribution in [2.75, 3.05) is 0 Å². The van der Waals surface area contributed by atoms with Gasteiger partial charge in [-0.05, 0) is 68.2 Å². The molecule has 0 saturated carbocycles. The lowest BCUT2D eigenvalue weighted by Crippen LogP contribution is -2.28. The summed E-state index contributed by atoms with van der Waals surface area (Å²) in [6.07, 6.45) is 1.82. The van der Waals surface area contributed by atoms with Gasteiger partial charge in [0.1, 0.15) is 11.2 Å². The van der Waals surface area contributed by atoms with E-state index in [1.807, 2.05) is 55.4 Å². The molecule has 0 radical (unpaired) electrons. The van der Waals surface area contributed by atoms with E-state index >= 15 is 0 Å². The minimum atomic E-state index is -0.474. The van der Waals surface area contributed by atoms with Crippen molar-refractivity contribution in [3.05, 3.63) is 0 Å². The minimum Gasteiger partial charge on any atom is -0.460 e. The fraction of sp³-hybridized carbons (Fsp3) is 0.818. The first-order valence-electron chi connectivity index (χ1n) is 10.6. The van der Waals surface area contributed by atoms with E-state index in [4.69, 9.17) is 9.47 Å². The van der Waals surface area contributed by atoms with Crippen molar-refractivity contribution in [1.29, 1.82) is 0 Å². The maximum Gasteiger partial charge on any atom is 0.307 e. The topological polar surface area (TPSA) is 111 Å². The van der Waals surface area contributed by atoms with Crippen molar-refractivity contribution >= 4 is 23.8 Å². The molecule has 2 aliphatic rings. The number of hydrogen-bond donors (Lipinski definition) is 2. The van der Waals surface area contributed by atoms with Gasteiger partial charge < -0.3 is 20.1 Å². The molecule has 2 aliphatic heterocycles. The van der Waals surface area contributed by atoms with E-state index in [0.29, 0.717) is 0 Å². The molecule has 0 aromatic rings. The summed E-state index contributed by atoms with van der Waals surface area (Å²) in [4.78, 5) is 45.7. The first kappa shape index (κ1) is 25.9. The summed E-state index contributed by atoms with van der Waals surface area (Å²) < 4.78 is 10.3. The van der Waals surface area contributed by atoms with E-state index in [2.05, 4.69) is 10.6 Å². The van der Waals surface area contributed by atoms with Crippen LogP contribution in [0.5, 0.6) is 0 Å². The number of ether oxygens (including phenoxy) is 2. The second kappa shape index (κ2) is 10.3. The van der Waals surface area contributed by atoms with E-state index in [0.717, 1.165) is 12.8 Å². The van der Waals surface area contributed by atoms with Gasteiger partial charge in [0, 0.05) is 12.1 Å². The van der Waals surface area contributed by atoms with Crippen molar-refractivity contribution in [3.8, 4) is 0 Å². The monoisotopic (exact) mass is 426 g/mol. The maximum atomic E-state index is 11.5. The Morgan fingerprint density at radius 3 is 1.27 bits per heavy atom. The number of esters is 2. The van der Waals surface area contributed by atoms with Crippen molar-refractivity contribution < 1.29 is 28.7 Å². The van der Waals surface area contributed by atoms with Crippen molar-refractivity contribution in [2.45, 2.75) is 104 Å². The molecule has 2 saturated heterocycles. The lowest BCUT2D eigenvalue weighted by Gasteiger charge is -2.20. The lowest BCUT2D eigenvalue weighted by molar-refractivity contribution is -0.157. The van der Waals surface area contributed by atoms with E-state index < -0.39 is 11.2 Å². The molecule has 0 spiro atoms. The Kier molecular flexibility index (Phi) is 8.87. The molecule has 172 valence electrons. The number of amides is 2. The third-order valence-electron chi connectivity index (χ3n) is 4.46. The molecule has 0 aromatic carbocycles. The van der Waals surface area contributed by atoms with E-state index in [-0.39, 0.29) is 60.5 Å². The zero-order valence-electron chi connectivity index (χ0n) is 19.6. The molecule has 2 rings (SSSR count). The molecular weight excluding hydrogens is 388 g/mol. The van der Waals surface area contributed by atoms with Crippen LogP contribution in [0, 0.1) is 11.8 Å². The first-order valence-corrected chi connectivity index (χ1v) is 10.6. The van der Waals surface area contributed by atoms with Crippen LogP contribution in [0.2, 0.25) is 0 Å². The number of nitrogens with one attached hydrogen (secondary N) is 2. The highest BCUT2D eigenvalue weighted by Crippen LogP contribution is 2.21. The Balaban J connectivity index is 0.000000300. The first-order chi connectivity index (χ1) is 13.6. The molecule has 8 heteroatoms. The molecule has 2 fully saturated rings. The SMILES string of the molecule is C[C@@H]1C[C@@H](CC(=O)OC(C)(C)C)C(=O)N1.C[C@H]1C[C@H](CC(=O)OC(C)(C)C)C(=O)N1. The van der Waals surface area contributed by atoms with Crippen LogP contribution in [0.1, 0.15) is 81.1 Å². The van der Waals surface area contributed by atoms with Gasteiger partial charge in [-0.3, -0.25) is 19.2 Å².